The van der Waals surface area contributed by atoms with E-state index in [2.05, 4.69) is 15.9 Å². The van der Waals surface area contributed by atoms with Crippen LogP contribution in [0.1, 0.15) is 23.2 Å². The predicted octanol–water partition coefficient (Wildman–Crippen LogP) is 3.20. The van der Waals surface area contributed by atoms with Crippen molar-refractivity contribution in [3.05, 3.63) is 34.1 Å². The Kier molecular flexibility index (Phi) is 3.71. The third kappa shape index (κ3) is 2.50. The van der Waals surface area contributed by atoms with Crippen LogP contribution >= 0.6 is 15.9 Å². The van der Waals surface area contributed by atoms with Crippen molar-refractivity contribution in [3.63, 3.8) is 0 Å². The summed E-state index contributed by atoms with van der Waals surface area (Å²) in [6.45, 7) is 1.21. The molecule has 4 heteroatoms. The lowest BCUT2D eigenvalue weighted by molar-refractivity contribution is 0.0461. The fourth-order valence-corrected chi connectivity index (χ4v) is 2.21. The van der Waals surface area contributed by atoms with Gasteiger partial charge in [-0.05, 0) is 47.0 Å². The highest BCUT2D eigenvalue weighted by atomic mass is 79.9. The Balaban J connectivity index is 2.16. The van der Waals surface area contributed by atoms with Gasteiger partial charge in [0.25, 0.3) is 0 Å². The van der Waals surface area contributed by atoms with Gasteiger partial charge in [0, 0.05) is 18.1 Å². The standard InChI is InChI=1S/C12H12BrFO2/c13-10-6-8(3-4-11(10)14)12(15)9-2-1-5-16-7-9/h3-4,6,9H,1-2,5,7H2. The van der Waals surface area contributed by atoms with Crippen molar-refractivity contribution >= 4 is 21.7 Å². The average molecular weight is 287 g/mol. The molecule has 0 aliphatic carbocycles. The maximum absolute atomic E-state index is 13.0. The Labute approximate surface area is 102 Å². The maximum atomic E-state index is 13.0. The number of carbonyl (C=O) groups excluding carboxylic acids is 1. The molecule has 1 aromatic carbocycles. The second-order valence-electron chi connectivity index (χ2n) is 3.91. The minimum atomic E-state index is -0.351. The first-order valence-electron chi connectivity index (χ1n) is 5.25. The SMILES string of the molecule is O=C(c1ccc(F)c(Br)c1)C1CCCOC1. The van der Waals surface area contributed by atoms with Crippen LogP contribution in [0.25, 0.3) is 0 Å². The zero-order valence-corrected chi connectivity index (χ0v) is 10.3. The van der Waals surface area contributed by atoms with Gasteiger partial charge >= 0.3 is 0 Å². The summed E-state index contributed by atoms with van der Waals surface area (Å²) in [5.74, 6) is -0.386. The van der Waals surface area contributed by atoms with E-state index in [1.54, 1.807) is 0 Å². The number of benzene rings is 1. The molecule has 0 saturated carbocycles. The largest absolute Gasteiger partial charge is 0.381 e. The van der Waals surface area contributed by atoms with E-state index in [4.69, 9.17) is 4.74 Å². The second kappa shape index (κ2) is 5.06. The van der Waals surface area contributed by atoms with Gasteiger partial charge in [-0.15, -0.1) is 0 Å². The Hall–Kier alpha value is -0.740. The number of ketones is 1. The molecule has 1 unspecified atom stereocenters. The molecule has 0 radical (unpaired) electrons. The molecule has 1 saturated heterocycles. The molecule has 1 aliphatic heterocycles. The molecular formula is C12H12BrFO2. The van der Waals surface area contributed by atoms with Crippen LogP contribution in [-0.2, 0) is 4.74 Å². The van der Waals surface area contributed by atoms with Crippen molar-refractivity contribution in [1.82, 2.24) is 0 Å². The van der Waals surface area contributed by atoms with Crippen LogP contribution in [-0.4, -0.2) is 19.0 Å². The van der Waals surface area contributed by atoms with E-state index < -0.39 is 0 Å². The third-order valence-electron chi connectivity index (χ3n) is 2.74. The molecular weight excluding hydrogens is 275 g/mol. The minimum absolute atomic E-state index is 0.0420. The van der Waals surface area contributed by atoms with Crippen LogP contribution in [0.3, 0.4) is 0 Å². The fourth-order valence-electron chi connectivity index (χ4n) is 1.83. The van der Waals surface area contributed by atoms with E-state index in [0.29, 0.717) is 16.6 Å². The Morgan fingerprint density at radius 2 is 2.31 bits per heavy atom. The highest BCUT2D eigenvalue weighted by Crippen LogP contribution is 2.22. The van der Waals surface area contributed by atoms with Crippen LogP contribution in [0, 0.1) is 11.7 Å². The van der Waals surface area contributed by atoms with Gasteiger partial charge in [-0.3, -0.25) is 4.79 Å². The van der Waals surface area contributed by atoms with E-state index in [9.17, 15) is 9.18 Å². The van der Waals surface area contributed by atoms with E-state index in [1.165, 1.54) is 18.2 Å². The molecule has 0 N–H and O–H groups in total. The van der Waals surface area contributed by atoms with Crippen molar-refractivity contribution in [2.45, 2.75) is 12.8 Å². The summed E-state index contributed by atoms with van der Waals surface area (Å²) >= 11 is 3.08. The van der Waals surface area contributed by atoms with Gasteiger partial charge < -0.3 is 4.74 Å². The number of ether oxygens (including phenoxy) is 1. The van der Waals surface area contributed by atoms with E-state index in [-0.39, 0.29) is 17.5 Å². The summed E-state index contributed by atoms with van der Waals surface area (Å²) in [5, 5.41) is 0. The lowest BCUT2D eigenvalue weighted by Gasteiger charge is -2.20. The predicted molar refractivity (Wildman–Crippen MR) is 62.0 cm³/mol. The van der Waals surface area contributed by atoms with Crippen molar-refractivity contribution in [2.75, 3.05) is 13.2 Å². The number of carbonyl (C=O) groups is 1. The third-order valence-corrected chi connectivity index (χ3v) is 3.34. The summed E-state index contributed by atoms with van der Waals surface area (Å²) in [6.07, 6.45) is 1.77. The van der Waals surface area contributed by atoms with Crippen molar-refractivity contribution in [1.29, 1.82) is 0 Å². The molecule has 2 rings (SSSR count). The molecule has 0 aromatic heterocycles. The van der Waals surface area contributed by atoms with E-state index >= 15 is 0 Å². The Morgan fingerprint density at radius 3 is 2.94 bits per heavy atom. The van der Waals surface area contributed by atoms with Crippen molar-refractivity contribution in [2.24, 2.45) is 5.92 Å². The first-order chi connectivity index (χ1) is 7.68. The van der Waals surface area contributed by atoms with Gasteiger partial charge in [-0.25, -0.2) is 4.39 Å². The molecule has 1 heterocycles. The Morgan fingerprint density at radius 1 is 1.50 bits per heavy atom. The molecule has 0 bridgehead atoms. The zero-order valence-electron chi connectivity index (χ0n) is 8.71. The monoisotopic (exact) mass is 286 g/mol. The quantitative estimate of drug-likeness (QED) is 0.781. The van der Waals surface area contributed by atoms with Crippen LogP contribution in [0.5, 0.6) is 0 Å². The lowest BCUT2D eigenvalue weighted by Crippen LogP contribution is -2.25. The molecule has 16 heavy (non-hydrogen) atoms. The number of rotatable bonds is 2. The molecule has 1 atom stereocenters. The fraction of sp³-hybridized carbons (Fsp3) is 0.417. The molecule has 1 aliphatic rings. The Bertz CT molecular complexity index is 400. The van der Waals surface area contributed by atoms with Gasteiger partial charge in [0.2, 0.25) is 0 Å². The normalized spacial score (nSPS) is 20.8. The second-order valence-corrected chi connectivity index (χ2v) is 4.76. The first kappa shape index (κ1) is 11.7. The van der Waals surface area contributed by atoms with E-state index in [0.717, 1.165) is 19.4 Å². The number of hydrogen-bond acceptors (Lipinski definition) is 2. The van der Waals surface area contributed by atoms with Gasteiger partial charge in [0.05, 0.1) is 11.1 Å². The molecule has 86 valence electrons. The molecule has 0 spiro atoms. The highest BCUT2D eigenvalue weighted by molar-refractivity contribution is 9.10. The zero-order chi connectivity index (χ0) is 11.5. The topological polar surface area (TPSA) is 26.3 Å². The maximum Gasteiger partial charge on any atom is 0.168 e. The van der Waals surface area contributed by atoms with Crippen LogP contribution in [0.15, 0.2) is 22.7 Å². The summed E-state index contributed by atoms with van der Waals surface area (Å²) in [5.41, 5.74) is 0.545. The first-order valence-corrected chi connectivity index (χ1v) is 6.05. The summed E-state index contributed by atoms with van der Waals surface area (Å²) in [4.78, 5) is 12.0. The van der Waals surface area contributed by atoms with E-state index in [1.807, 2.05) is 0 Å². The number of halogens is 2. The highest BCUT2D eigenvalue weighted by Gasteiger charge is 2.23. The average Bonchev–Trinajstić information content (AvgIpc) is 2.33. The van der Waals surface area contributed by atoms with Crippen LogP contribution < -0.4 is 0 Å². The van der Waals surface area contributed by atoms with Gasteiger partial charge in [0.15, 0.2) is 5.78 Å². The van der Waals surface area contributed by atoms with Crippen molar-refractivity contribution in [3.8, 4) is 0 Å². The van der Waals surface area contributed by atoms with Gasteiger partial charge in [-0.1, -0.05) is 0 Å². The summed E-state index contributed by atoms with van der Waals surface area (Å²) in [7, 11) is 0. The van der Waals surface area contributed by atoms with Crippen LogP contribution in [0.4, 0.5) is 4.39 Å². The van der Waals surface area contributed by atoms with Crippen molar-refractivity contribution < 1.29 is 13.9 Å². The number of hydrogen-bond donors (Lipinski definition) is 0. The molecule has 2 nitrogen and oxygen atoms in total. The number of Topliss-reactive ketones (excluding diaryl/α,β-unsaturated/α-hetero) is 1. The lowest BCUT2D eigenvalue weighted by atomic mass is 9.93. The van der Waals surface area contributed by atoms with Gasteiger partial charge in [0.1, 0.15) is 5.82 Å². The molecule has 1 fully saturated rings. The molecule has 1 aromatic rings. The van der Waals surface area contributed by atoms with Crippen LogP contribution in [0.2, 0.25) is 0 Å². The summed E-state index contributed by atoms with van der Waals surface area (Å²) in [6, 6.07) is 4.37. The smallest absolute Gasteiger partial charge is 0.168 e. The van der Waals surface area contributed by atoms with Gasteiger partial charge in [-0.2, -0.15) is 0 Å². The minimum Gasteiger partial charge on any atom is -0.381 e. The molecule has 0 amide bonds. The summed E-state index contributed by atoms with van der Waals surface area (Å²) < 4.78 is 18.6.